The zero-order valence-electron chi connectivity index (χ0n) is 31.7. The Morgan fingerprint density at radius 1 is 0.310 bits per heavy atom. The van der Waals surface area contributed by atoms with Crippen molar-refractivity contribution in [2.45, 2.75) is 0 Å². The SMILES string of the molecule is c1ccc(-c2ccc(-c3ccc(N(c4cc(-c5ccc6ccccc6c5)ccc4-c4ccccc4)c4cccc5oc6c7ccccc7ccc6c45)cc3)cc2)cc1. The Morgan fingerprint density at radius 3 is 1.60 bits per heavy atom. The van der Waals surface area contributed by atoms with E-state index >= 15 is 0 Å². The first kappa shape index (κ1) is 33.6. The van der Waals surface area contributed by atoms with E-state index in [1.54, 1.807) is 0 Å². The number of rotatable bonds is 7. The molecule has 0 amide bonds. The Kier molecular flexibility index (Phi) is 8.19. The second kappa shape index (κ2) is 14.1. The molecule has 1 heterocycles. The van der Waals surface area contributed by atoms with Crippen molar-refractivity contribution in [2.24, 2.45) is 0 Å². The second-order valence-electron chi connectivity index (χ2n) is 14.9. The molecule has 2 nitrogen and oxygen atoms in total. The molecule has 0 bridgehead atoms. The molecule has 0 fully saturated rings. The van der Waals surface area contributed by atoms with Crippen LogP contribution in [0.25, 0.3) is 88.0 Å². The van der Waals surface area contributed by atoms with Crippen LogP contribution in [0.2, 0.25) is 0 Å². The van der Waals surface area contributed by atoms with E-state index in [2.05, 4.69) is 229 Å². The van der Waals surface area contributed by atoms with Crippen molar-refractivity contribution in [3.05, 3.63) is 224 Å². The molecule has 0 aliphatic carbocycles. The number of furan rings is 1. The topological polar surface area (TPSA) is 16.4 Å². The Morgan fingerprint density at radius 2 is 0.862 bits per heavy atom. The predicted molar refractivity (Wildman–Crippen MR) is 245 cm³/mol. The predicted octanol–water partition coefficient (Wildman–Crippen LogP) is 16.0. The van der Waals surface area contributed by atoms with Crippen LogP contribution in [0.1, 0.15) is 0 Å². The van der Waals surface area contributed by atoms with Crippen LogP contribution >= 0.6 is 0 Å². The van der Waals surface area contributed by atoms with Gasteiger partial charge < -0.3 is 9.32 Å². The molecule has 0 aliphatic heterocycles. The summed E-state index contributed by atoms with van der Waals surface area (Å²) >= 11 is 0. The van der Waals surface area contributed by atoms with E-state index in [9.17, 15) is 0 Å². The summed E-state index contributed by atoms with van der Waals surface area (Å²) in [6, 6.07) is 80.7. The summed E-state index contributed by atoms with van der Waals surface area (Å²) in [5, 5.41) is 6.90. The summed E-state index contributed by atoms with van der Waals surface area (Å²) in [6.45, 7) is 0. The van der Waals surface area contributed by atoms with E-state index < -0.39 is 0 Å². The minimum Gasteiger partial charge on any atom is -0.455 e. The lowest BCUT2D eigenvalue weighted by molar-refractivity contribution is 0.672. The van der Waals surface area contributed by atoms with Gasteiger partial charge in [0.05, 0.1) is 16.8 Å². The number of hydrogen-bond acceptors (Lipinski definition) is 2. The van der Waals surface area contributed by atoms with Crippen LogP contribution in [-0.4, -0.2) is 0 Å². The van der Waals surface area contributed by atoms with Gasteiger partial charge in [-0.1, -0.05) is 182 Å². The van der Waals surface area contributed by atoms with E-state index in [1.807, 2.05) is 0 Å². The summed E-state index contributed by atoms with van der Waals surface area (Å²) in [4.78, 5) is 2.43. The highest BCUT2D eigenvalue weighted by Gasteiger charge is 2.23. The average Bonchev–Trinajstić information content (AvgIpc) is 3.70. The highest BCUT2D eigenvalue weighted by molar-refractivity contribution is 6.20. The van der Waals surface area contributed by atoms with Crippen molar-refractivity contribution in [3.63, 3.8) is 0 Å². The first-order valence-electron chi connectivity index (χ1n) is 19.8. The van der Waals surface area contributed by atoms with E-state index in [0.717, 1.165) is 72.0 Å². The molecule has 0 unspecified atom stereocenters. The summed E-state index contributed by atoms with van der Waals surface area (Å²) in [6.07, 6.45) is 0. The normalized spacial score (nSPS) is 11.4. The van der Waals surface area contributed by atoms with Crippen LogP contribution in [0.3, 0.4) is 0 Å². The highest BCUT2D eigenvalue weighted by Crippen LogP contribution is 2.48. The lowest BCUT2D eigenvalue weighted by atomic mass is 9.95. The molecule has 0 atom stereocenters. The van der Waals surface area contributed by atoms with Crippen molar-refractivity contribution in [2.75, 3.05) is 4.90 Å². The molecule has 0 N–H and O–H groups in total. The van der Waals surface area contributed by atoms with Gasteiger partial charge in [0.25, 0.3) is 0 Å². The molecule has 1 aromatic heterocycles. The standard InChI is InChI=1S/C56H37NO/c1-3-12-38(13-4-1)40-22-24-41(25-23-40)42-28-32-48(33-29-42)57(52-20-11-21-54-55(52)51-35-30-44-17-9-10-19-50(44)56(51)58-54)53-37-47(31-34-49(53)43-15-5-2-6-16-43)46-27-26-39-14-7-8-18-45(39)36-46/h1-37H. The molecule has 11 aromatic rings. The van der Waals surface area contributed by atoms with Gasteiger partial charge in [0, 0.05) is 22.0 Å². The number of benzene rings is 10. The smallest absolute Gasteiger partial charge is 0.143 e. The van der Waals surface area contributed by atoms with Crippen LogP contribution in [-0.2, 0) is 0 Å². The van der Waals surface area contributed by atoms with Gasteiger partial charge in [-0.25, -0.2) is 0 Å². The monoisotopic (exact) mass is 739 g/mol. The third kappa shape index (κ3) is 5.91. The maximum Gasteiger partial charge on any atom is 0.143 e. The highest BCUT2D eigenvalue weighted by atomic mass is 16.3. The Labute approximate surface area is 337 Å². The molecular formula is C56H37NO. The van der Waals surface area contributed by atoms with Crippen LogP contribution in [0.5, 0.6) is 0 Å². The summed E-state index contributed by atoms with van der Waals surface area (Å²) < 4.78 is 6.77. The van der Waals surface area contributed by atoms with Crippen molar-refractivity contribution in [1.29, 1.82) is 0 Å². The quantitative estimate of drug-likeness (QED) is 0.162. The fourth-order valence-corrected chi connectivity index (χ4v) is 8.54. The van der Waals surface area contributed by atoms with Gasteiger partial charge in [-0.3, -0.25) is 0 Å². The number of hydrogen-bond donors (Lipinski definition) is 0. The minimum atomic E-state index is 0.857. The number of nitrogens with zero attached hydrogens (tertiary/aromatic N) is 1. The van der Waals surface area contributed by atoms with E-state index in [1.165, 1.54) is 33.0 Å². The minimum absolute atomic E-state index is 0.857. The zero-order valence-corrected chi connectivity index (χ0v) is 31.7. The van der Waals surface area contributed by atoms with Crippen LogP contribution < -0.4 is 4.90 Å². The van der Waals surface area contributed by atoms with Gasteiger partial charge >= 0.3 is 0 Å². The molecule has 11 rings (SSSR count). The molecule has 0 saturated carbocycles. The second-order valence-corrected chi connectivity index (χ2v) is 14.9. The Balaban J connectivity index is 1.13. The van der Waals surface area contributed by atoms with E-state index in [-0.39, 0.29) is 0 Å². The number of fused-ring (bicyclic) bond motifs is 6. The van der Waals surface area contributed by atoms with E-state index in [0.29, 0.717) is 0 Å². The van der Waals surface area contributed by atoms with Crippen molar-refractivity contribution in [3.8, 4) is 44.5 Å². The maximum atomic E-state index is 6.77. The Bertz CT molecular complexity index is 3250. The van der Waals surface area contributed by atoms with Crippen molar-refractivity contribution >= 4 is 60.5 Å². The van der Waals surface area contributed by atoms with Crippen LogP contribution in [0.4, 0.5) is 17.1 Å². The molecule has 58 heavy (non-hydrogen) atoms. The molecule has 2 heteroatoms. The van der Waals surface area contributed by atoms with Gasteiger partial charge in [0.2, 0.25) is 0 Å². The summed E-state index contributed by atoms with van der Waals surface area (Å²) in [7, 11) is 0. The first-order valence-corrected chi connectivity index (χ1v) is 19.8. The first-order chi connectivity index (χ1) is 28.7. The zero-order chi connectivity index (χ0) is 38.4. The molecule has 10 aromatic carbocycles. The van der Waals surface area contributed by atoms with Crippen LogP contribution in [0.15, 0.2) is 229 Å². The van der Waals surface area contributed by atoms with E-state index in [4.69, 9.17) is 4.42 Å². The average molecular weight is 740 g/mol. The van der Waals surface area contributed by atoms with Gasteiger partial charge in [-0.05, 0) is 97.6 Å². The van der Waals surface area contributed by atoms with Crippen molar-refractivity contribution in [1.82, 2.24) is 0 Å². The third-order valence-electron chi connectivity index (χ3n) is 11.5. The maximum absolute atomic E-state index is 6.77. The summed E-state index contributed by atoms with van der Waals surface area (Å²) in [5.74, 6) is 0. The van der Waals surface area contributed by atoms with Gasteiger partial charge in [-0.2, -0.15) is 0 Å². The van der Waals surface area contributed by atoms with Gasteiger partial charge in [-0.15, -0.1) is 0 Å². The molecular weight excluding hydrogens is 703 g/mol. The Hall–Kier alpha value is -7.68. The van der Waals surface area contributed by atoms with Crippen molar-refractivity contribution < 1.29 is 4.42 Å². The largest absolute Gasteiger partial charge is 0.455 e. The fraction of sp³-hybridized carbons (Fsp3) is 0. The fourth-order valence-electron chi connectivity index (χ4n) is 8.54. The lowest BCUT2D eigenvalue weighted by Gasteiger charge is -2.29. The number of anilines is 3. The van der Waals surface area contributed by atoms with Crippen LogP contribution in [0, 0.1) is 0 Å². The van der Waals surface area contributed by atoms with Gasteiger partial charge in [0.15, 0.2) is 0 Å². The molecule has 0 spiro atoms. The molecule has 0 saturated heterocycles. The molecule has 0 radical (unpaired) electrons. The molecule has 272 valence electrons. The lowest BCUT2D eigenvalue weighted by Crippen LogP contribution is -2.12. The molecule has 0 aliphatic rings. The summed E-state index contributed by atoms with van der Waals surface area (Å²) in [5.41, 5.74) is 14.3. The third-order valence-corrected chi connectivity index (χ3v) is 11.5. The van der Waals surface area contributed by atoms with Gasteiger partial charge in [0.1, 0.15) is 11.2 Å².